The van der Waals surface area contributed by atoms with Gasteiger partial charge in [0, 0.05) is 17.3 Å². The van der Waals surface area contributed by atoms with Gasteiger partial charge in [-0.3, -0.25) is 9.63 Å². The number of benzene rings is 2. The predicted molar refractivity (Wildman–Crippen MR) is 120 cm³/mol. The molecule has 0 bridgehead atoms. The minimum absolute atomic E-state index is 0.0230. The number of aromatic nitrogens is 2. The van der Waals surface area contributed by atoms with E-state index < -0.39 is 17.8 Å². The molecule has 32 heavy (non-hydrogen) atoms. The van der Waals surface area contributed by atoms with Crippen molar-refractivity contribution in [2.45, 2.75) is 32.4 Å². The van der Waals surface area contributed by atoms with Crippen LogP contribution in [0.25, 0.3) is 11.0 Å². The van der Waals surface area contributed by atoms with Crippen molar-refractivity contribution in [1.82, 2.24) is 15.0 Å². The molecule has 1 heterocycles. The molecule has 0 aliphatic heterocycles. The van der Waals surface area contributed by atoms with E-state index in [1.807, 2.05) is 6.92 Å². The lowest BCUT2D eigenvalue weighted by Gasteiger charge is -2.17. The van der Waals surface area contributed by atoms with Crippen LogP contribution in [0.15, 0.2) is 30.6 Å². The van der Waals surface area contributed by atoms with Gasteiger partial charge >= 0.3 is 0 Å². The molecule has 1 aliphatic carbocycles. The minimum atomic E-state index is -0.861. The summed E-state index contributed by atoms with van der Waals surface area (Å²) < 4.78 is 17.3. The highest BCUT2D eigenvalue weighted by molar-refractivity contribution is 6.30. The summed E-state index contributed by atoms with van der Waals surface area (Å²) in [5.74, 6) is -0.809. The van der Waals surface area contributed by atoms with Gasteiger partial charge in [-0.05, 0) is 55.5 Å². The van der Waals surface area contributed by atoms with E-state index in [4.69, 9.17) is 22.2 Å². The minimum Gasteiger partial charge on any atom is -0.390 e. The number of hydrogen-bond acceptors (Lipinski definition) is 6. The van der Waals surface area contributed by atoms with E-state index in [0.717, 1.165) is 18.4 Å². The Balaban J connectivity index is 1.75. The third kappa shape index (κ3) is 4.86. The van der Waals surface area contributed by atoms with Crippen molar-refractivity contribution >= 4 is 39.9 Å². The molecular weight excluding hydrogens is 437 g/mol. The number of hydroxylamine groups is 1. The number of aliphatic hydroxyl groups is 1. The number of nitrogens with two attached hydrogens (primary N) is 1. The van der Waals surface area contributed by atoms with Crippen LogP contribution in [0.4, 0.5) is 15.8 Å². The second kappa shape index (κ2) is 9.41. The number of halogens is 2. The molecular formula is C22H25ClFN5O3. The topological polar surface area (TPSA) is 114 Å². The Hall–Kier alpha value is -2.72. The van der Waals surface area contributed by atoms with Crippen molar-refractivity contribution < 1.29 is 19.1 Å². The Morgan fingerprint density at radius 2 is 2.22 bits per heavy atom. The maximum absolute atomic E-state index is 15.8. The summed E-state index contributed by atoms with van der Waals surface area (Å²) in [7, 11) is 0. The first-order valence-electron chi connectivity index (χ1n) is 10.4. The van der Waals surface area contributed by atoms with Crippen molar-refractivity contribution in [3.8, 4) is 0 Å². The van der Waals surface area contributed by atoms with Gasteiger partial charge in [0.05, 0.1) is 42.4 Å². The highest BCUT2D eigenvalue weighted by Gasteiger charge is 2.25. The zero-order valence-corrected chi connectivity index (χ0v) is 18.3. The lowest BCUT2D eigenvalue weighted by Crippen LogP contribution is -2.26. The van der Waals surface area contributed by atoms with Crippen molar-refractivity contribution in [2.24, 2.45) is 11.7 Å². The molecule has 1 amide bonds. The number of nitrogens with one attached hydrogen (secondary N) is 2. The Bertz CT molecular complexity index is 1150. The fraction of sp³-hybridized carbons (Fsp3) is 0.364. The quantitative estimate of drug-likeness (QED) is 0.364. The molecule has 5 N–H and O–H groups in total. The summed E-state index contributed by atoms with van der Waals surface area (Å²) in [4.78, 5) is 22.4. The van der Waals surface area contributed by atoms with E-state index in [2.05, 4.69) is 15.8 Å². The molecule has 170 valence electrons. The molecule has 1 aromatic heterocycles. The van der Waals surface area contributed by atoms with E-state index >= 15 is 4.39 Å². The first-order valence-corrected chi connectivity index (χ1v) is 10.8. The fourth-order valence-electron chi connectivity index (χ4n) is 3.40. The average molecular weight is 462 g/mol. The highest BCUT2D eigenvalue weighted by Crippen LogP contribution is 2.33. The van der Waals surface area contributed by atoms with Crippen LogP contribution in [0.1, 0.15) is 28.8 Å². The van der Waals surface area contributed by atoms with Crippen molar-refractivity contribution in [3.05, 3.63) is 52.6 Å². The third-order valence-corrected chi connectivity index (χ3v) is 5.63. The van der Waals surface area contributed by atoms with Gasteiger partial charge in [-0.1, -0.05) is 11.6 Å². The Morgan fingerprint density at radius 3 is 2.91 bits per heavy atom. The number of hydrogen-bond donors (Lipinski definition) is 4. The predicted octanol–water partition coefficient (Wildman–Crippen LogP) is 3.27. The van der Waals surface area contributed by atoms with Gasteiger partial charge in [-0.25, -0.2) is 14.9 Å². The lowest BCUT2D eigenvalue weighted by atomic mass is 10.1. The van der Waals surface area contributed by atoms with E-state index in [-0.39, 0.29) is 35.4 Å². The smallest absolute Gasteiger partial charge is 0.277 e. The number of carbonyl (C=O) groups is 1. The summed E-state index contributed by atoms with van der Waals surface area (Å²) in [6, 6.07) is 6.61. The normalized spacial score (nSPS) is 14.5. The molecule has 1 saturated carbocycles. The van der Waals surface area contributed by atoms with Crippen molar-refractivity contribution in [2.75, 3.05) is 18.5 Å². The Morgan fingerprint density at radius 1 is 1.44 bits per heavy atom. The van der Waals surface area contributed by atoms with Gasteiger partial charge in [-0.15, -0.1) is 0 Å². The molecule has 3 aromatic rings. The van der Waals surface area contributed by atoms with Gasteiger partial charge in [0.1, 0.15) is 5.52 Å². The molecule has 1 fully saturated rings. The van der Waals surface area contributed by atoms with Crippen LogP contribution in [-0.4, -0.2) is 39.8 Å². The van der Waals surface area contributed by atoms with Crippen LogP contribution in [0.2, 0.25) is 5.02 Å². The van der Waals surface area contributed by atoms with Crippen LogP contribution in [0.3, 0.4) is 0 Å². The number of fused-ring (bicyclic) bond motifs is 1. The maximum atomic E-state index is 15.8. The summed E-state index contributed by atoms with van der Waals surface area (Å²) in [5, 5.41) is 13.5. The molecule has 0 saturated heterocycles. The fourth-order valence-corrected chi connectivity index (χ4v) is 3.62. The van der Waals surface area contributed by atoms with Crippen LogP contribution in [0, 0.1) is 18.7 Å². The maximum Gasteiger partial charge on any atom is 0.277 e. The van der Waals surface area contributed by atoms with E-state index in [1.54, 1.807) is 18.2 Å². The zero-order valence-electron chi connectivity index (χ0n) is 17.6. The summed E-state index contributed by atoms with van der Waals surface area (Å²) in [6.45, 7) is 2.33. The summed E-state index contributed by atoms with van der Waals surface area (Å²) in [6.07, 6.45) is 2.70. The summed E-state index contributed by atoms with van der Waals surface area (Å²) >= 11 is 6.04. The molecule has 2 aromatic carbocycles. The van der Waals surface area contributed by atoms with E-state index in [1.165, 1.54) is 17.0 Å². The Labute approximate surface area is 189 Å². The number of nitrogens with zero attached hydrogens (tertiary/aromatic N) is 2. The second-order valence-corrected chi connectivity index (χ2v) is 8.47. The van der Waals surface area contributed by atoms with Gasteiger partial charge in [0.15, 0.2) is 5.82 Å². The van der Waals surface area contributed by atoms with E-state index in [9.17, 15) is 9.90 Å². The molecule has 10 heteroatoms. The molecule has 1 aliphatic rings. The largest absolute Gasteiger partial charge is 0.390 e. The van der Waals surface area contributed by atoms with Gasteiger partial charge in [-0.2, -0.15) is 0 Å². The number of rotatable bonds is 9. The number of aryl methyl sites for hydroxylation is 1. The number of aliphatic hydroxyl groups excluding tert-OH is 1. The van der Waals surface area contributed by atoms with E-state index in [0.29, 0.717) is 23.2 Å². The van der Waals surface area contributed by atoms with Crippen LogP contribution < -0.4 is 16.5 Å². The molecule has 4 rings (SSSR count). The van der Waals surface area contributed by atoms with Crippen molar-refractivity contribution in [3.63, 3.8) is 0 Å². The molecule has 0 spiro atoms. The second-order valence-electron chi connectivity index (χ2n) is 8.04. The standard InChI is InChI=1S/C22H25ClFN5O3/c1-12-6-14(23)4-5-17(12)27-20-16(22(31)28-32-10-13-2-3-13)7-18-21(19(20)24)29(11-26-18)9-15(30)8-25/h4-7,11,13,15,27,30H,2-3,8-10,25H2,1H3,(H,28,31). The first kappa shape index (κ1) is 22.5. The molecule has 1 atom stereocenters. The van der Waals surface area contributed by atoms with Crippen LogP contribution in [0.5, 0.6) is 0 Å². The average Bonchev–Trinajstić information content (AvgIpc) is 3.50. The lowest BCUT2D eigenvalue weighted by molar-refractivity contribution is 0.0271. The van der Waals surface area contributed by atoms with Gasteiger partial charge < -0.3 is 20.7 Å². The highest BCUT2D eigenvalue weighted by atomic mass is 35.5. The van der Waals surface area contributed by atoms with Crippen molar-refractivity contribution in [1.29, 1.82) is 0 Å². The van der Waals surface area contributed by atoms with Gasteiger partial charge in [0.2, 0.25) is 0 Å². The van der Waals surface area contributed by atoms with Gasteiger partial charge in [0.25, 0.3) is 5.91 Å². The number of imidazole rings is 1. The molecule has 8 nitrogen and oxygen atoms in total. The zero-order chi connectivity index (χ0) is 22.8. The number of anilines is 2. The summed E-state index contributed by atoms with van der Waals surface area (Å²) in [5.41, 5.74) is 9.72. The number of amides is 1. The number of carbonyl (C=O) groups excluding carboxylic acids is 1. The monoisotopic (exact) mass is 461 g/mol. The third-order valence-electron chi connectivity index (χ3n) is 5.40. The van der Waals surface area contributed by atoms with Crippen LogP contribution in [-0.2, 0) is 11.4 Å². The SMILES string of the molecule is Cc1cc(Cl)ccc1Nc1c(C(=O)NOCC2CC2)cc2ncn(CC(O)CN)c2c1F. The first-order chi connectivity index (χ1) is 15.4. The Kier molecular flexibility index (Phi) is 6.61. The molecule has 0 radical (unpaired) electrons. The van der Waals surface area contributed by atoms with Crippen LogP contribution >= 0.6 is 11.6 Å². The molecule has 1 unspecified atom stereocenters.